The minimum Gasteiger partial charge on any atom is -0.466 e. The summed E-state index contributed by atoms with van der Waals surface area (Å²) in [6.45, 7) is 5.57. The van der Waals surface area contributed by atoms with Crippen LogP contribution in [0.5, 0.6) is 0 Å². The molecule has 7 nitrogen and oxygen atoms in total. The summed E-state index contributed by atoms with van der Waals surface area (Å²) in [7, 11) is 0. The number of hydrogen-bond donors (Lipinski definition) is 0. The van der Waals surface area contributed by atoms with E-state index in [-0.39, 0.29) is 13.2 Å². The maximum Gasteiger partial charge on any atom is 0.317 e. The van der Waals surface area contributed by atoms with E-state index in [1.165, 1.54) is 0 Å². The molecule has 0 amide bonds. The van der Waals surface area contributed by atoms with E-state index in [1.807, 2.05) is 0 Å². The molecule has 2 atom stereocenters. The normalized spacial score (nSPS) is 24.6. The Morgan fingerprint density at radius 3 is 2.88 bits per heavy atom. The Morgan fingerprint density at radius 1 is 1.75 bits per heavy atom. The van der Waals surface area contributed by atoms with Crippen LogP contribution in [-0.4, -0.2) is 37.1 Å². The quantitative estimate of drug-likeness (QED) is 0.315. The van der Waals surface area contributed by atoms with E-state index in [2.05, 4.69) is 10.0 Å². The van der Waals surface area contributed by atoms with Gasteiger partial charge in [-0.2, -0.15) is 0 Å². The molecule has 0 spiro atoms. The van der Waals surface area contributed by atoms with Crippen molar-refractivity contribution in [2.24, 2.45) is 5.11 Å². The SMILES string of the molecule is CCOC(=O)[C@H](N=[N+]=[N-])[C@H]1COC(C)(C)O1. The molecule has 1 saturated heterocycles. The molecule has 0 aromatic carbocycles. The van der Waals surface area contributed by atoms with Gasteiger partial charge in [0.15, 0.2) is 11.8 Å². The van der Waals surface area contributed by atoms with Gasteiger partial charge in [0.25, 0.3) is 0 Å². The molecule has 0 N–H and O–H groups in total. The molecule has 0 aliphatic carbocycles. The van der Waals surface area contributed by atoms with Crippen molar-refractivity contribution < 1.29 is 19.0 Å². The van der Waals surface area contributed by atoms with Crippen LogP contribution in [0.1, 0.15) is 20.8 Å². The first-order chi connectivity index (χ1) is 7.50. The van der Waals surface area contributed by atoms with Crippen molar-refractivity contribution in [3.05, 3.63) is 10.4 Å². The summed E-state index contributed by atoms with van der Waals surface area (Å²) >= 11 is 0. The third-order valence-electron chi connectivity index (χ3n) is 2.09. The lowest BCUT2D eigenvalue weighted by Gasteiger charge is -2.19. The first kappa shape index (κ1) is 12.8. The summed E-state index contributed by atoms with van der Waals surface area (Å²) in [6.07, 6.45) is -0.593. The zero-order valence-corrected chi connectivity index (χ0v) is 9.54. The van der Waals surface area contributed by atoms with Gasteiger partial charge in [-0.1, -0.05) is 5.11 Å². The summed E-state index contributed by atoms with van der Waals surface area (Å²) < 4.78 is 15.5. The van der Waals surface area contributed by atoms with E-state index in [4.69, 9.17) is 19.7 Å². The number of carbonyl (C=O) groups excluding carboxylic acids is 1. The fourth-order valence-electron chi connectivity index (χ4n) is 1.43. The maximum atomic E-state index is 11.5. The highest BCUT2D eigenvalue weighted by Gasteiger charge is 2.40. The Bertz CT molecular complexity index is 312. The molecule has 1 aliphatic rings. The van der Waals surface area contributed by atoms with Crippen molar-refractivity contribution in [1.82, 2.24) is 0 Å². The zero-order chi connectivity index (χ0) is 12.2. The van der Waals surface area contributed by atoms with Gasteiger partial charge in [-0.25, -0.2) is 0 Å². The standard InChI is InChI=1S/C9H15N3O4/c1-4-14-8(13)7(11-12-10)6-5-15-9(2,3)16-6/h6-7H,4-5H2,1-3H3/t6-,7-/m1/s1. The highest BCUT2D eigenvalue weighted by molar-refractivity contribution is 5.76. The Kier molecular flexibility index (Phi) is 4.12. The molecule has 1 rings (SSSR count). The number of azide groups is 1. The van der Waals surface area contributed by atoms with Crippen LogP contribution in [0.3, 0.4) is 0 Å². The molecule has 0 aromatic rings. The lowest BCUT2D eigenvalue weighted by atomic mass is 10.2. The van der Waals surface area contributed by atoms with Gasteiger partial charge in [-0.05, 0) is 26.3 Å². The number of rotatable bonds is 4. The number of nitrogens with zero attached hydrogens (tertiary/aromatic N) is 3. The van der Waals surface area contributed by atoms with Crippen LogP contribution >= 0.6 is 0 Å². The summed E-state index contributed by atoms with van der Waals surface area (Å²) in [4.78, 5) is 14.1. The van der Waals surface area contributed by atoms with Gasteiger partial charge < -0.3 is 14.2 Å². The Labute approximate surface area is 93.3 Å². The molecule has 1 heterocycles. The van der Waals surface area contributed by atoms with E-state index >= 15 is 0 Å². The largest absolute Gasteiger partial charge is 0.466 e. The second kappa shape index (κ2) is 5.16. The van der Waals surface area contributed by atoms with Crippen molar-refractivity contribution in [3.8, 4) is 0 Å². The summed E-state index contributed by atoms with van der Waals surface area (Å²) in [5, 5.41) is 3.39. The molecule has 0 unspecified atom stereocenters. The highest BCUT2D eigenvalue weighted by Crippen LogP contribution is 2.25. The molecular weight excluding hydrogens is 214 g/mol. The van der Waals surface area contributed by atoms with Gasteiger partial charge in [-0.15, -0.1) is 0 Å². The number of carbonyl (C=O) groups is 1. The monoisotopic (exact) mass is 229 g/mol. The Morgan fingerprint density at radius 2 is 2.44 bits per heavy atom. The first-order valence-corrected chi connectivity index (χ1v) is 5.03. The third kappa shape index (κ3) is 3.10. The van der Waals surface area contributed by atoms with E-state index in [9.17, 15) is 4.79 Å². The first-order valence-electron chi connectivity index (χ1n) is 5.03. The summed E-state index contributed by atoms with van der Waals surface area (Å²) in [5.74, 6) is -1.35. The Balaban J connectivity index is 2.72. The second-order valence-electron chi connectivity index (χ2n) is 3.77. The molecule has 0 bridgehead atoms. The fraction of sp³-hybridized carbons (Fsp3) is 0.889. The van der Waals surface area contributed by atoms with Crippen molar-refractivity contribution >= 4 is 5.97 Å². The zero-order valence-electron chi connectivity index (χ0n) is 9.54. The van der Waals surface area contributed by atoms with Crippen molar-refractivity contribution in [2.75, 3.05) is 13.2 Å². The van der Waals surface area contributed by atoms with E-state index in [1.54, 1.807) is 20.8 Å². The van der Waals surface area contributed by atoms with E-state index in [0.29, 0.717) is 0 Å². The van der Waals surface area contributed by atoms with Crippen LogP contribution in [0.15, 0.2) is 5.11 Å². The molecule has 0 saturated carbocycles. The van der Waals surface area contributed by atoms with Crippen LogP contribution in [0.4, 0.5) is 0 Å². The van der Waals surface area contributed by atoms with Gasteiger partial charge in [0.1, 0.15) is 6.10 Å². The molecular formula is C9H15N3O4. The van der Waals surface area contributed by atoms with Crippen LogP contribution < -0.4 is 0 Å². The molecule has 16 heavy (non-hydrogen) atoms. The Hall–Kier alpha value is -1.30. The molecule has 1 aliphatic heterocycles. The predicted octanol–water partition coefficient (Wildman–Crippen LogP) is 1.38. The minimum absolute atomic E-state index is 0.204. The van der Waals surface area contributed by atoms with Crippen molar-refractivity contribution in [1.29, 1.82) is 0 Å². The predicted molar refractivity (Wildman–Crippen MR) is 54.5 cm³/mol. The average Bonchev–Trinajstić information content (AvgIpc) is 2.55. The molecule has 90 valence electrons. The van der Waals surface area contributed by atoms with Crippen LogP contribution in [-0.2, 0) is 19.0 Å². The lowest BCUT2D eigenvalue weighted by Crippen LogP contribution is -2.36. The third-order valence-corrected chi connectivity index (χ3v) is 2.09. The molecule has 0 radical (unpaired) electrons. The maximum absolute atomic E-state index is 11.5. The van der Waals surface area contributed by atoms with Gasteiger partial charge in [0, 0.05) is 4.91 Å². The molecule has 1 fully saturated rings. The average molecular weight is 229 g/mol. The number of esters is 1. The van der Waals surface area contributed by atoms with Crippen LogP contribution in [0.25, 0.3) is 10.4 Å². The van der Waals surface area contributed by atoms with Gasteiger partial charge in [-0.3, -0.25) is 4.79 Å². The van der Waals surface area contributed by atoms with Gasteiger partial charge in [0.05, 0.1) is 13.2 Å². The molecule has 0 aromatic heterocycles. The minimum atomic E-state index is -0.994. The number of hydrogen-bond acceptors (Lipinski definition) is 5. The fourth-order valence-corrected chi connectivity index (χ4v) is 1.43. The van der Waals surface area contributed by atoms with Crippen molar-refractivity contribution in [2.45, 2.75) is 38.7 Å². The highest BCUT2D eigenvalue weighted by atomic mass is 16.7. The topological polar surface area (TPSA) is 93.5 Å². The van der Waals surface area contributed by atoms with Crippen LogP contribution in [0, 0.1) is 0 Å². The summed E-state index contributed by atoms with van der Waals surface area (Å²) in [5.41, 5.74) is 8.40. The lowest BCUT2D eigenvalue weighted by molar-refractivity contribution is -0.156. The van der Waals surface area contributed by atoms with Crippen molar-refractivity contribution in [3.63, 3.8) is 0 Å². The number of ether oxygens (including phenoxy) is 3. The van der Waals surface area contributed by atoms with E-state index in [0.717, 1.165) is 0 Å². The smallest absolute Gasteiger partial charge is 0.317 e. The van der Waals surface area contributed by atoms with Gasteiger partial charge in [0.2, 0.25) is 0 Å². The second-order valence-corrected chi connectivity index (χ2v) is 3.77. The van der Waals surface area contributed by atoms with Crippen LogP contribution in [0.2, 0.25) is 0 Å². The summed E-state index contributed by atoms with van der Waals surface area (Å²) in [6, 6.07) is -0.994. The van der Waals surface area contributed by atoms with Gasteiger partial charge >= 0.3 is 5.97 Å². The van der Waals surface area contributed by atoms with E-state index < -0.39 is 23.9 Å². The molecule has 7 heteroatoms.